The maximum absolute atomic E-state index is 11.8. The number of rotatable bonds is 2. The van der Waals surface area contributed by atoms with Crippen LogP contribution in [0.2, 0.25) is 0 Å². The van der Waals surface area contributed by atoms with Gasteiger partial charge in [0.2, 0.25) is 0 Å². The fourth-order valence-corrected chi connectivity index (χ4v) is 3.09. The maximum atomic E-state index is 11.8. The molecular formula is C12H20O3. The number of esters is 1. The van der Waals surface area contributed by atoms with E-state index in [1.165, 1.54) is 6.42 Å². The summed E-state index contributed by atoms with van der Waals surface area (Å²) in [4.78, 5) is 11.8. The van der Waals surface area contributed by atoms with Gasteiger partial charge in [-0.05, 0) is 31.1 Å². The molecule has 1 saturated carbocycles. The van der Waals surface area contributed by atoms with Crippen LogP contribution in [0.15, 0.2) is 0 Å². The molecule has 3 unspecified atom stereocenters. The molecule has 2 fully saturated rings. The molecule has 1 aliphatic heterocycles. The van der Waals surface area contributed by atoms with Gasteiger partial charge in [0.15, 0.2) is 0 Å². The van der Waals surface area contributed by atoms with Crippen molar-refractivity contribution in [3.05, 3.63) is 0 Å². The zero-order valence-electron chi connectivity index (χ0n) is 9.62. The normalized spacial score (nSPS) is 40.8. The van der Waals surface area contributed by atoms with Gasteiger partial charge in [-0.3, -0.25) is 4.79 Å². The van der Waals surface area contributed by atoms with Crippen LogP contribution in [-0.2, 0) is 14.3 Å². The molecule has 3 nitrogen and oxygen atoms in total. The van der Waals surface area contributed by atoms with E-state index in [4.69, 9.17) is 9.47 Å². The zero-order chi connectivity index (χ0) is 10.9. The van der Waals surface area contributed by atoms with Gasteiger partial charge in [0.05, 0.1) is 12.5 Å². The minimum atomic E-state index is -0.0319. The predicted octanol–water partition coefficient (Wildman–Crippen LogP) is 2.14. The third-order valence-corrected chi connectivity index (χ3v) is 3.76. The molecular weight excluding hydrogens is 192 g/mol. The first kappa shape index (κ1) is 10.9. The Morgan fingerprint density at radius 1 is 1.53 bits per heavy atom. The molecule has 2 bridgehead atoms. The molecule has 0 aromatic heterocycles. The van der Waals surface area contributed by atoms with Crippen LogP contribution in [0.25, 0.3) is 0 Å². The van der Waals surface area contributed by atoms with E-state index >= 15 is 0 Å². The SMILES string of the molecule is COCC1CC2(C)CCCC(C2)C(=O)O1. The molecule has 86 valence electrons. The smallest absolute Gasteiger partial charge is 0.309 e. The Morgan fingerprint density at radius 2 is 2.33 bits per heavy atom. The van der Waals surface area contributed by atoms with E-state index < -0.39 is 0 Å². The highest BCUT2D eigenvalue weighted by Gasteiger charge is 2.42. The molecule has 3 atom stereocenters. The monoisotopic (exact) mass is 212 g/mol. The molecule has 0 spiro atoms. The van der Waals surface area contributed by atoms with Gasteiger partial charge in [-0.15, -0.1) is 0 Å². The number of methoxy groups -OCH3 is 1. The van der Waals surface area contributed by atoms with Crippen molar-refractivity contribution in [3.63, 3.8) is 0 Å². The third-order valence-electron chi connectivity index (χ3n) is 3.76. The number of cyclic esters (lactones) is 1. The molecule has 1 heterocycles. The number of fused-ring (bicyclic) bond motifs is 2. The van der Waals surface area contributed by atoms with Gasteiger partial charge in [-0.1, -0.05) is 13.3 Å². The largest absolute Gasteiger partial charge is 0.460 e. The van der Waals surface area contributed by atoms with E-state index in [9.17, 15) is 4.79 Å². The third kappa shape index (κ3) is 2.33. The molecule has 2 aliphatic rings. The number of hydrogen-bond acceptors (Lipinski definition) is 3. The van der Waals surface area contributed by atoms with Crippen molar-refractivity contribution in [3.8, 4) is 0 Å². The highest BCUT2D eigenvalue weighted by atomic mass is 16.6. The first-order chi connectivity index (χ1) is 7.13. The van der Waals surface area contributed by atoms with Crippen LogP contribution in [0, 0.1) is 11.3 Å². The van der Waals surface area contributed by atoms with E-state index in [2.05, 4.69) is 6.92 Å². The van der Waals surface area contributed by atoms with Gasteiger partial charge >= 0.3 is 5.97 Å². The van der Waals surface area contributed by atoms with Crippen molar-refractivity contribution in [1.82, 2.24) is 0 Å². The van der Waals surface area contributed by atoms with Crippen molar-refractivity contribution in [2.24, 2.45) is 11.3 Å². The van der Waals surface area contributed by atoms with Gasteiger partial charge < -0.3 is 9.47 Å². The van der Waals surface area contributed by atoms with Crippen LogP contribution in [0.3, 0.4) is 0 Å². The Morgan fingerprint density at radius 3 is 3.07 bits per heavy atom. The molecule has 15 heavy (non-hydrogen) atoms. The summed E-state index contributed by atoms with van der Waals surface area (Å²) >= 11 is 0. The Labute approximate surface area is 91.1 Å². The van der Waals surface area contributed by atoms with Crippen molar-refractivity contribution in [1.29, 1.82) is 0 Å². The van der Waals surface area contributed by atoms with Gasteiger partial charge in [0, 0.05) is 7.11 Å². The standard InChI is InChI=1S/C12H20O3/c1-12-5-3-4-9(6-12)11(13)15-10(7-12)8-14-2/h9-10H,3-8H2,1-2H3. The summed E-state index contributed by atoms with van der Waals surface area (Å²) in [6.45, 7) is 2.82. The lowest BCUT2D eigenvalue weighted by molar-refractivity contribution is -0.155. The summed E-state index contributed by atoms with van der Waals surface area (Å²) in [5, 5.41) is 0. The van der Waals surface area contributed by atoms with Crippen molar-refractivity contribution < 1.29 is 14.3 Å². The zero-order valence-corrected chi connectivity index (χ0v) is 9.62. The van der Waals surface area contributed by atoms with Crippen LogP contribution in [0.4, 0.5) is 0 Å². The molecule has 2 rings (SSSR count). The molecule has 0 N–H and O–H groups in total. The van der Waals surface area contributed by atoms with Gasteiger partial charge in [-0.2, -0.15) is 0 Å². The number of hydrogen-bond donors (Lipinski definition) is 0. The summed E-state index contributed by atoms with van der Waals surface area (Å²) < 4.78 is 10.6. The second kappa shape index (κ2) is 4.12. The molecule has 0 radical (unpaired) electrons. The second-order valence-electron chi connectivity index (χ2n) is 5.32. The van der Waals surface area contributed by atoms with Crippen LogP contribution in [0.1, 0.15) is 39.0 Å². The lowest BCUT2D eigenvalue weighted by atomic mass is 9.69. The van der Waals surface area contributed by atoms with Crippen LogP contribution < -0.4 is 0 Å². The predicted molar refractivity (Wildman–Crippen MR) is 56.4 cm³/mol. The fourth-order valence-electron chi connectivity index (χ4n) is 3.09. The lowest BCUT2D eigenvalue weighted by Crippen LogP contribution is -2.28. The average Bonchev–Trinajstić information content (AvgIpc) is 2.23. The lowest BCUT2D eigenvalue weighted by Gasteiger charge is -2.34. The Balaban J connectivity index is 2.12. The van der Waals surface area contributed by atoms with E-state index in [0.29, 0.717) is 6.61 Å². The van der Waals surface area contributed by atoms with E-state index in [-0.39, 0.29) is 23.4 Å². The minimum Gasteiger partial charge on any atom is -0.460 e. The summed E-state index contributed by atoms with van der Waals surface area (Å²) in [6.07, 6.45) is 5.33. The molecule has 3 heteroatoms. The van der Waals surface area contributed by atoms with Crippen molar-refractivity contribution >= 4 is 5.97 Å². The Hall–Kier alpha value is -0.570. The van der Waals surface area contributed by atoms with Crippen LogP contribution >= 0.6 is 0 Å². The quantitative estimate of drug-likeness (QED) is 0.658. The van der Waals surface area contributed by atoms with Crippen LogP contribution in [0.5, 0.6) is 0 Å². The topological polar surface area (TPSA) is 35.5 Å². The maximum Gasteiger partial charge on any atom is 0.309 e. The molecule has 0 amide bonds. The molecule has 1 aliphatic carbocycles. The van der Waals surface area contributed by atoms with E-state index in [1.54, 1.807) is 7.11 Å². The minimum absolute atomic E-state index is 0.000440. The molecule has 0 aromatic rings. The number of carbonyl (C=O) groups excluding carboxylic acids is 1. The van der Waals surface area contributed by atoms with Crippen LogP contribution in [-0.4, -0.2) is 25.8 Å². The molecule has 0 aromatic carbocycles. The van der Waals surface area contributed by atoms with Gasteiger partial charge in [0.25, 0.3) is 0 Å². The van der Waals surface area contributed by atoms with Gasteiger partial charge in [0.1, 0.15) is 6.10 Å². The Bertz CT molecular complexity index is 251. The van der Waals surface area contributed by atoms with Gasteiger partial charge in [-0.25, -0.2) is 0 Å². The highest BCUT2D eigenvalue weighted by Crippen LogP contribution is 2.45. The highest BCUT2D eigenvalue weighted by molar-refractivity contribution is 5.73. The first-order valence-electron chi connectivity index (χ1n) is 5.82. The summed E-state index contributed by atoms with van der Waals surface area (Å²) in [7, 11) is 1.66. The van der Waals surface area contributed by atoms with Crippen molar-refractivity contribution in [2.75, 3.05) is 13.7 Å². The fraction of sp³-hybridized carbons (Fsp3) is 0.917. The second-order valence-corrected chi connectivity index (χ2v) is 5.32. The first-order valence-corrected chi connectivity index (χ1v) is 5.82. The Kier molecular flexibility index (Phi) is 3.01. The number of ether oxygens (including phenoxy) is 2. The van der Waals surface area contributed by atoms with Crippen molar-refractivity contribution in [2.45, 2.75) is 45.1 Å². The summed E-state index contributed by atoms with van der Waals surface area (Å²) in [6, 6.07) is 0. The summed E-state index contributed by atoms with van der Waals surface area (Å²) in [5.41, 5.74) is 0.290. The molecule has 1 saturated heterocycles. The van der Waals surface area contributed by atoms with E-state index in [1.807, 2.05) is 0 Å². The van der Waals surface area contributed by atoms with E-state index in [0.717, 1.165) is 25.7 Å². The average molecular weight is 212 g/mol. The number of carbonyl (C=O) groups is 1. The summed E-state index contributed by atoms with van der Waals surface area (Å²) in [5.74, 6) is 0.145.